The Bertz CT molecular complexity index is 1230. The van der Waals surface area contributed by atoms with Crippen molar-refractivity contribution in [1.82, 2.24) is 29.4 Å². The fraction of sp³-hybridized carbons (Fsp3) is 0.500. The van der Waals surface area contributed by atoms with E-state index in [1.165, 1.54) is 16.6 Å². The van der Waals surface area contributed by atoms with Crippen LogP contribution < -0.4 is 9.64 Å². The number of amides is 1. The average Bonchev–Trinajstić information content (AvgIpc) is 3.29. The first-order valence-corrected chi connectivity index (χ1v) is 11.4. The molecule has 2 fully saturated rings. The van der Waals surface area contributed by atoms with Gasteiger partial charge >= 0.3 is 6.09 Å². The lowest BCUT2D eigenvalue weighted by atomic mass is 9.97. The molecule has 0 aliphatic carbocycles. The van der Waals surface area contributed by atoms with Gasteiger partial charge in [0.1, 0.15) is 17.1 Å². The van der Waals surface area contributed by atoms with Gasteiger partial charge in [0, 0.05) is 32.1 Å². The van der Waals surface area contributed by atoms with E-state index in [0.717, 1.165) is 0 Å². The van der Waals surface area contributed by atoms with Crippen molar-refractivity contribution in [3.05, 3.63) is 29.8 Å². The van der Waals surface area contributed by atoms with Crippen molar-refractivity contribution in [1.29, 1.82) is 0 Å². The summed E-state index contributed by atoms with van der Waals surface area (Å²) in [5.74, 6) is 0.273. The standard InChI is InChI=1S/C22H25F2N7O4/c1-34-15-6-2-5-14-16(15)25-19(17(23)24)31(14)21-27-18(13-4-3-7-30(12-13)22(32)33)26-20(28-21)29-8-10-35-11-9-29/h2,5-6,13,17H,3-4,7-12H2,1H3,(H,32,33). The molecule has 1 amide bonds. The van der Waals surface area contributed by atoms with E-state index in [0.29, 0.717) is 68.7 Å². The van der Waals surface area contributed by atoms with Crippen molar-refractivity contribution < 1.29 is 28.2 Å². The molecule has 0 bridgehead atoms. The van der Waals surface area contributed by atoms with Crippen molar-refractivity contribution >= 4 is 23.1 Å². The Morgan fingerprint density at radius 3 is 2.63 bits per heavy atom. The Morgan fingerprint density at radius 1 is 1.14 bits per heavy atom. The molecule has 1 unspecified atom stereocenters. The van der Waals surface area contributed by atoms with Gasteiger partial charge in [-0.2, -0.15) is 15.0 Å². The first-order valence-electron chi connectivity index (χ1n) is 11.4. The summed E-state index contributed by atoms with van der Waals surface area (Å²) in [7, 11) is 1.45. The number of morpholine rings is 1. The molecule has 0 radical (unpaired) electrons. The van der Waals surface area contributed by atoms with Gasteiger partial charge in [-0.3, -0.25) is 4.57 Å². The van der Waals surface area contributed by atoms with Crippen LogP contribution in [0.3, 0.4) is 0 Å². The Morgan fingerprint density at radius 2 is 1.91 bits per heavy atom. The summed E-state index contributed by atoms with van der Waals surface area (Å²) in [6.45, 7) is 2.70. The predicted molar refractivity (Wildman–Crippen MR) is 121 cm³/mol. The van der Waals surface area contributed by atoms with E-state index in [1.54, 1.807) is 18.2 Å². The zero-order valence-corrected chi connectivity index (χ0v) is 19.1. The molecule has 1 atom stereocenters. The number of hydrogen-bond donors (Lipinski definition) is 1. The number of ether oxygens (including phenoxy) is 2. The number of imidazole rings is 1. The molecule has 5 rings (SSSR count). The third-order valence-corrected chi connectivity index (χ3v) is 6.27. The zero-order chi connectivity index (χ0) is 24.5. The van der Waals surface area contributed by atoms with Gasteiger partial charge in [0.05, 0.1) is 25.8 Å². The van der Waals surface area contributed by atoms with Crippen LogP contribution in [-0.2, 0) is 4.74 Å². The molecular formula is C22H25F2N7O4. The highest BCUT2D eigenvalue weighted by atomic mass is 19.3. The summed E-state index contributed by atoms with van der Waals surface area (Å²) in [5.41, 5.74) is 0.649. The van der Waals surface area contributed by atoms with Crippen LogP contribution >= 0.6 is 0 Å². The molecule has 1 aromatic carbocycles. The maximum atomic E-state index is 14.1. The molecule has 2 aliphatic rings. The monoisotopic (exact) mass is 489 g/mol. The smallest absolute Gasteiger partial charge is 0.407 e. The normalized spacial score (nSPS) is 18.9. The maximum absolute atomic E-state index is 14.1. The van der Waals surface area contributed by atoms with E-state index in [-0.39, 0.29) is 23.9 Å². The predicted octanol–water partition coefficient (Wildman–Crippen LogP) is 2.85. The molecule has 0 saturated carbocycles. The van der Waals surface area contributed by atoms with Crippen LogP contribution in [-0.4, -0.2) is 87.1 Å². The van der Waals surface area contributed by atoms with Gasteiger partial charge in [0.25, 0.3) is 6.43 Å². The number of para-hydroxylation sites is 1. The first-order chi connectivity index (χ1) is 17.0. The molecule has 4 heterocycles. The number of fused-ring (bicyclic) bond motifs is 1. The van der Waals surface area contributed by atoms with Gasteiger partial charge in [0.15, 0.2) is 5.82 Å². The maximum Gasteiger partial charge on any atom is 0.407 e. The lowest BCUT2D eigenvalue weighted by Crippen LogP contribution is -2.40. The minimum atomic E-state index is -2.89. The minimum Gasteiger partial charge on any atom is -0.494 e. The third kappa shape index (κ3) is 4.43. The molecular weight excluding hydrogens is 464 g/mol. The molecule has 2 aromatic heterocycles. The summed E-state index contributed by atoms with van der Waals surface area (Å²) in [5, 5.41) is 9.47. The SMILES string of the molecule is COc1cccc2c1nc(C(F)F)n2-c1nc(C2CCCN(C(=O)O)C2)nc(N2CCOCC2)n1. The number of nitrogens with zero attached hydrogens (tertiary/aromatic N) is 7. The average molecular weight is 489 g/mol. The van der Waals surface area contributed by atoms with Crippen LogP contribution in [0.2, 0.25) is 0 Å². The largest absolute Gasteiger partial charge is 0.494 e. The Balaban J connectivity index is 1.67. The number of likely N-dealkylation sites (tertiary alicyclic amines) is 1. The van der Waals surface area contributed by atoms with E-state index in [1.807, 2.05) is 4.90 Å². The summed E-state index contributed by atoms with van der Waals surface area (Å²) < 4.78 is 40.3. The van der Waals surface area contributed by atoms with Crippen LogP contribution in [0.5, 0.6) is 5.75 Å². The highest BCUT2D eigenvalue weighted by Crippen LogP contribution is 2.33. The molecule has 2 saturated heterocycles. The molecule has 35 heavy (non-hydrogen) atoms. The number of benzene rings is 1. The van der Waals surface area contributed by atoms with Crippen LogP contribution in [0.15, 0.2) is 18.2 Å². The van der Waals surface area contributed by atoms with E-state index < -0.39 is 18.3 Å². The molecule has 3 aromatic rings. The Hall–Kier alpha value is -3.61. The molecule has 1 N–H and O–H groups in total. The topological polar surface area (TPSA) is 119 Å². The number of piperidine rings is 1. The van der Waals surface area contributed by atoms with Gasteiger partial charge in [-0.15, -0.1) is 0 Å². The summed E-state index contributed by atoms with van der Waals surface area (Å²) in [6.07, 6.45) is -2.57. The number of alkyl halides is 2. The lowest BCUT2D eigenvalue weighted by Gasteiger charge is -2.31. The van der Waals surface area contributed by atoms with Crippen LogP contribution in [0.4, 0.5) is 19.5 Å². The Labute approximate surface area is 199 Å². The fourth-order valence-electron chi connectivity index (χ4n) is 4.53. The number of rotatable bonds is 5. The van der Waals surface area contributed by atoms with Gasteiger partial charge < -0.3 is 24.4 Å². The van der Waals surface area contributed by atoms with E-state index in [4.69, 9.17) is 9.47 Å². The number of aromatic nitrogens is 5. The lowest BCUT2D eigenvalue weighted by molar-refractivity contribution is 0.121. The van der Waals surface area contributed by atoms with Crippen molar-refractivity contribution in [2.75, 3.05) is 51.4 Å². The van der Waals surface area contributed by atoms with Crippen molar-refractivity contribution in [3.63, 3.8) is 0 Å². The molecule has 13 heteroatoms. The number of hydrogen-bond acceptors (Lipinski definition) is 8. The van der Waals surface area contributed by atoms with E-state index in [2.05, 4.69) is 19.9 Å². The van der Waals surface area contributed by atoms with Crippen LogP contribution in [0.25, 0.3) is 17.0 Å². The number of carbonyl (C=O) groups is 1. The minimum absolute atomic E-state index is 0.00925. The van der Waals surface area contributed by atoms with Gasteiger partial charge in [-0.25, -0.2) is 18.6 Å². The molecule has 11 nitrogen and oxygen atoms in total. The molecule has 0 spiro atoms. The number of anilines is 1. The van der Waals surface area contributed by atoms with Gasteiger partial charge in [-0.05, 0) is 25.0 Å². The second-order valence-corrected chi connectivity index (χ2v) is 8.39. The third-order valence-electron chi connectivity index (χ3n) is 6.27. The van der Waals surface area contributed by atoms with Crippen LogP contribution in [0, 0.1) is 0 Å². The summed E-state index contributed by atoms with van der Waals surface area (Å²) >= 11 is 0. The summed E-state index contributed by atoms with van der Waals surface area (Å²) in [4.78, 5) is 32.8. The van der Waals surface area contributed by atoms with Gasteiger partial charge in [0.2, 0.25) is 11.9 Å². The molecule has 186 valence electrons. The van der Waals surface area contributed by atoms with Crippen molar-refractivity contribution in [2.24, 2.45) is 0 Å². The second kappa shape index (κ2) is 9.56. The number of halogens is 2. The van der Waals surface area contributed by atoms with Crippen LogP contribution in [0.1, 0.15) is 36.8 Å². The number of carboxylic acid groups (broad SMARTS) is 1. The zero-order valence-electron chi connectivity index (χ0n) is 19.1. The van der Waals surface area contributed by atoms with Gasteiger partial charge in [-0.1, -0.05) is 6.07 Å². The van der Waals surface area contributed by atoms with E-state index in [9.17, 15) is 18.7 Å². The molecule has 2 aliphatic heterocycles. The number of methoxy groups -OCH3 is 1. The quantitative estimate of drug-likeness (QED) is 0.577. The van der Waals surface area contributed by atoms with Crippen molar-refractivity contribution in [3.8, 4) is 11.7 Å². The Kier molecular flexibility index (Phi) is 6.32. The van der Waals surface area contributed by atoms with Crippen molar-refractivity contribution in [2.45, 2.75) is 25.2 Å². The second-order valence-electron chi connectivity index (χ2n) is 8.39. The highest BCUT2D eigenvalue weighted by molar-refractivity contribution is 5.84. The summed E-state index contributed by atoms with van der Waals surface area (Å²) in [6, 6.07) is 4.99. The van der Waals surface area contributed by atoms with E-state index >= 15 is 0 Å². The fourth-order valence-corrected chi connectivity index (χ4v) is 4.53. The first kappa shape index (κ1) is 23.1. The highest BCUT2D eigenvalue weighted by Gasteiger charge is 2.30.